The number of rotatable bonds is 1. The van der Waals surface area contributed by atoms with E-state index in [1.165, 1.54) is 5.56 Å². The number of halogens is 1. The third-order valence-corrected chi connectivity index (χ3v) is 5.09. The lowest BCUT2D eigenvalue weighted by molar-refractivity contribution is 0.0498. The Morgan fingerprint density at radius 2 is 1.95 bits per heavy atom. The van der Waals surface area contributed by atoms with Gasteiger partial charge in [-0.3, -0.25) is 4.90 Å². The number of thiocarbonyl (C=S) groups is 1. The van der Waals surface area contributed by atoms with Crippen LogP contribution in [0, 0.1) is 0 Å². The van der Waals surface area contributed by atoms with E-state index in [0.717, 1.165) is 22.3 Å². The average Bonchev–Trinajstić information content (AvgIpc) is 2.48. The molecule has 5 heteroatoms. The summed E-state index contributed by atoms with van der Waals surface area (Å²) in [6.07, 6.45) is 0.847. The second-order valence-corrected chi connectivity index (χ2v) is 7.14. The number of hydrogen-bond acceptors (Lipinski definition) is 2. The first-order chi connectivity index (χ1) is 10.6. The van der Waals surface area contributed by atoms with Crippen molar-refractivity contribution in [2.75, 3.05) is 4.90 Å². The van der Waals surface area contributed by atoms with Crippen LogP contribution in [-0.4, -0.2) is 10.8 Å². The molecule has 2 bridgehead atoms. The van der Waals surface area contributed by atoms with E-state index in [1.54, 1.807) is 0 Å². The molecule has 0 unspecified atom stereocenters. The molecule has 2 aromatic rings. The summed E-state index contributed by atoms with van der Waals surface area (Å²) < 4.78 is 7.39. The highest BCUT2D eigenvalue weighted by atomic mass is 79.9. The van der Waals surface area contributed by atoms with E-state index >= 15 is 0 Å². The molecule has 112 valence electrons. The molecule has 0 aromatic heterocycles. The lowest BCUT2D eigenvalue weighted by atomic mass is 9.90. The van der Waals surface area contributed by atoms with Gasteiger partial charge in [0, 0.05) is 22.1 Å². The van der Waals surface area contributed by atoms with E-state index in [0.29, 0.717) is 5.11 Å². The molecule has 0 amide bonds. The monoisotopic (exact) mass is 374 g/mol. The van der Waals surface area contributed by atoms with Gasteiger partial charge in [0.1, 0.15) is 5.75 Å². The molecular weight excluding hydrogens is 360 g/mol. The number of hydrogen-bond donors (Lipinski definition) is 1. The quantitative estimate of drug-likeness (QED) is 0.748. The van der Waals surface area contributed by atoms with E-state index in [4.69, 9.17) is 17.0 Å². The van der Waals surface area contributed by atoms with Gasteiger partial charge in [-0.05, 0) is 49.5 Å². The van der Waals surface area contributed by atoms with Crippen molar-refractivity contribution < 1.29 is 4.74 Å². The minimum atomic E-state index is -0.477. The van der Waals surface area contributed by atoms with E-state index < -0.39 is 5.72 Å². The van der Waals surface area contributed by atoms with Crippen molar-refractivity contribution in [1.29, 1.82) is 0 Å². The van der Waals surface area contributed by atoms with Crippen LogP contribution in [0.25, 0.3) is 0 Å². The topological polar surface area (TPSA) is 24.5 Å². The number of anilines is 1. The normalized spacial score (nSPS) is 26.0. The van der Waals surface area contributed by atoms with Gasteiger partial charge in [0.15, 0.2) is 10.8 Å². The third kappa shape index (κ3) is 2.11. The van der Waals surface area contributed by atoms with Gasteiger partial charge >= 0.3 is 0 Å². The van der Waals surface area contributed by atoms with Crippen molar-refractivity contribution >= 4 is 38.9 Å². The zero-order chi connectivity index (χ0) is 15.3. The molecular formula is C17H15BrN2OS. The van der Waals surface area contributed by atoms with Crippen LogP contribution in [0.3, 0.4) is 0 Å². The Hall–Kier alpha value is -1.59. The Morgan fingerprint density at radius 1 is 1.23 bits per heavy atom. The van der Waals surface area contributed by atoms with Gasteiger partial charge in [-0.25, -0.2) is 0 Å². The number of para-hydroxylation sites is 1. The molecule has 0 saturated carbocycles. The standard InChI is InChI=1S/C17H15BrN2OS/c1-17-10-14(13-4-2-3-5-15(13)21-17)19-16(22)20(17)12-8-6-11(18)7-9-12/h2-9,14H,10H2,1H3,(H,19,22)/t14-,17+/m1/s1. The molecule has 2 aromatic carbocycles. The first-order valence-corrected chi connectivity index (χ1v) is 8.41. The molecule has 0 spiro atoms. The van der Waals surface area contributed by atoms with E-state index in [1.807, 2.05) is 42.5 Å². The average molecular weight is 375 g/mol. The summed E-state index contributed by atoms with van der Waals surface area (Å²) in [7, 11) is 0. The van der Waals surface area contributed by atoms with Gasteiger partial charge in [-0.1, -0.05) is 34.1 Å². The summed E-state index contributed by atoms with van der Waals surface area (Å²) in [5.74, 6) is 0.929. The van der Waals surface area contributed by atoms with Gasteiger partial charge in [-0.15, -0.1) is 0 Å². The minimum Gasteiger partial charge on any atom is -0.467 e. The summed E-state index contributed by atoms with van der Waals surface area (Å²) in [5, 5.41) is 4.16. The fourth-order valence-corrected chi connectivity index (χ4v) is 4.01. The predicted molar refractivity (Wildman–Crippen MR) is 95.2 cm³/mol. The molecule has 0 radical (unpaired) electrons. The van der Waals surface area contributed by atoms with Crippen molar-refractivity contribution in [2.24, 2.45) is 0 Å². The lowest BCUT2D eigenvalue weighted by Crippen LogP contribution is -2.65. The summed E-state index contributed by atoms with van der Waals surface area (Å²) in [4.78, 5) is 2.07. The summed E-state index contributed by atoms with van der Waals surface area (Å²) >= 11 is 9.09. The smallest absolute Gasteiger partial charge is 0.188 e. The largest absolute Gasteiger partial charge is 0.467 e. The molecule has 2 aliphatic rings. The number of fused-ring (bicyclic) bond motifs is 4. The van der Waals surface area contributed by atoms with Crippen molar-refractivity contribution in [3.8, 4) is 5.75 Å². The van der Waals surface area contributed by atoms with Crippen LogP contribution in [0.2, 0.25) is 0 Å². The Bertz CT molecular complexity index is 749. The Labute approximate surface area is 143 Å². The van der Waals surface area contributed by atoms with Gasteiger partial charge in [0.2, 0.25) is 0 Å². The molecule has 2 heterocycles. The van der Waals surface area contributed by atoms with Gasteiger partial charge in [0.05, 0.1) is 6.04 Å². The molecule has 2 aliphatic heterocycles. The zero-order valence-corrected chi connectivity index (χ0v) is 14.4. The first kappa shape index (κ1) is 14.0. The molecule has 3 nitrogen and oxygen atoms in total. The van der Waals surface area contributed by atoms with Crippen LogP contribution in [0.5, 0.6) is 5.75 Å². The molecule has 22 heavy (non-hydrogen) atoms. The van der Waals surface area contributed by atoms with Crippen LogP contribution >= 0.6 is 28.1 Å². The van der Waals surface area contributed by atoms with Gasteiger partial charge < -0.3 is 10.1 Å². The summed E-state index contributed by atoms with van der Waals surface area (Å²) in [5.41, 5.74) is 1.73. The van der Waals surface area contributed by atoms with E-state index in [-0.39, 0.29) is 6.04 Å². The van der Waals surface area contributed by atoms with Gasteiger partial charge in [-0.2, -0.15) is 0 Å². The van der Waals surface area contributed by atoms with Crippen molar-refractivity contribution in [1.82, 2.24) is 5.32 Å². The molecule has 1 saturated heterocycles. The third-order valence-electron chi connectivity index (χ3n) is 4.27. The Kier molecular flexibility index (Phi) is 3.16. The molecule has 0 aliphatic carbocycles. The van der Waals surface area contributed by atoms with E-state index in [9.17, 15) is 0 Å². The van der Waals surface area contributed by atoms with Crippen LogP contribution in [-0.2, 0) is 0 Å². The number of nitrogens with zero attached hydrogens (tertiary/aromatic N) is 1. The summed E-state index contributed by atoms with van der Waals surface area (Å²) in [6, 6.07) is 16.5. The Balaban J connectivity index is 1.80. The van der Waals surface area contributed by atoms with Crippen LogP contribution in [0.1, 0.15) is 24.9 Å². The molecule has 1 N–H and O–H groups in total. The number of nitrogens with one attached hydrogen (secondary N) is 1. The predicted octanol–water partition coefficient (Wildman–Crippen LogP) is 4.38. The zero-order valence-electron chi connectivity index (χ0n) is 12.0. The second-order valence-electron chi connectivity index (χ2n) is 5.83. The molecule has 4 rings (SSSR count). The maximum absolute atomic E-state index is 6.34. The van der Waals surface area contributed by atoms with Crippen molar-refractivity contribution in [3.63, 3.8) is 0 Å². The lowest BCUT2D eigenvalue weighted by Gasteiger charge is -2.52. The minimum absolute atomic E-state index is 0.203. The fourth-order valence-electron chi connectivity index (χ4n) is 3.30. The highest BCUT2D eigenvalue weighted by molar-refractivity contribution is 9.10. The maximum Gasteiger partial charge on any atom is 0.188 e. The highest BCUT2D eigenvalue weighted by Crippen LogP contribution is 2.45. The first-order valence-electron chi connectivity index (χ1n) is 7.21. The van der Waals surface area contributed by atoms with Crippen LogP contribution < -0.4 is 15.0 Å². The highest BCUT2D eigenvalue weighted by Gasteiger charge is 2.48. The van der Waals surface area contributed by atoms with E-state index in [2.05, 4.69) is 39.1 Å². The van der Waals surface area contributed by atoms with Crippen LogP contribution in [0.15, 0.2) is 53.0 Å². The second kappa shape index (κ2) is 4.96. The maximum atomic E-state index is 6.34. The fraction of sp³-hybridized carbons (Fsp3) is 0.235. The molecule has 1 fully saturated rings. The van der Waals surface area contributed by atoms with Crippen molar-refractivity contribution in [2.45, 2.75) is 25.1 Å². The van der Waals surface area contributed by atoms with Gasteiger partial charge in [0.25, 0.3) is 0 Å². The summed E-state index contributed by atoms with van der Waals surface area (Å²) in [6.45, 7) is 2.10. The number of benzene rings is 2. The van der Waals surface area contributed by atoms with Crippen LogP contribution in [0.4, 0.5) is 5.69 Å². The Morgan fingerprint density at radius 3 is 2.73 bits per heavy atom. The number of ether oxygens (including phenoxy) is 1. The SMILES string of the molecule is C[C@]12C[C@@H](NC(=S)N1c1ccc(Br)cc1)c1ccccc1O2. The van der Waals surface area contributed by atoms with Crippen molar-refractivity contribution in [3.05, 3.63) is 58.6 Å². The molecule has 2 atom stereocenters.